The molecule has 0 spiro atoms. The fourth-order valence-corrected chi connectivity index (χ4v) is 5.62. The monoisotopic (exact) mass is 280 g/mol. The van der Waals surface area contributed by atoms with Crippen LogP contribution in [0, 0.1) is 17.3 Å². The zero-order chi connectivity index (χ0) is 14.1. The summed E-state index contributed by atoms with van der Waals surface area (Å²) in [7, 11) is 0. The highest BCUT2D eigenvalue weighted by Gasteiger charge is 2.49. The lowest BCUT2D eigenvalue weighted by Gasteiger charge is -2.53. The van der Waals surface area contributed by atoms with Crippen LogP contribution in [0.5, 0.6) is 0 Å². The van der Waals surface area contributed by atoms with Crippen molar-refractivity contribution in [2.75, 3.05) is 0 Å². The first kappa shape index (κ1) is 14.8. The largest absolute Gasteiger partial charge is 0.366 e. The molecule has 0 amide bonds. The first-order valence-electron chi connectivity index (χ1n) is 9.07. The zero-order valence-corrected chi connectivity index (χ0v) is 12.9. The molecule has 20 heavy (non-hydrogen) atoms. The molecule has 2 heteroatoms. The molecule has 3 saturated carbocycles. The van der Waals surface area contributed by atoms with Gasteiger partial charge >= 0.3 is 0 Å². The highest BCUT2D eigenvalue weighted by molar-refractivity contribution is 4.98. The van der Waals surface area contributed by atoms with E-state index in [9.17, 15) is 10.2 Å². The molecule has 0 bridgehead atoms. The quantitative estimate of drug-likeness (QED) is 0.737. The molecule has 0 radical (unpaired) electrons. The van der Waals surface area contributed by atoms with Crippen LogP contribution >= 0.6 is 0 Å². The van der Waals surface area contributed by atoms with Crippen molar-refractivity contribution in [3.63, 3.8) is 0 Å². The van der Waals surface area contributed by atoms with Gasteiger partial charge in [-0.25, -0.2) is 0 Å². The summed E-state index contributed by atoms with van der Waals surface area (Å²) in [6.45, 7) is 0. The molecule has 0 aromatic carbocycles. The maximum absolute atomic E-state index is 9.96. The second-order valence-corrected chi connectivity index (χ2v) is 7.89. The Kier molecular flexibility index (Phi) is 4.42. The summed E-state index contributed by atoms with van der Waals surface area (Å²) in [5.41, 5.74) is 0.454. The summed E-state index contributed by atoms with van der Waals surface area (Å²) < 4.78 is 0. The number of hydrogen-bond donors (Lipinski definition) is 2. The average molecular weight is 280 g/mol. The van der Waals surface area contributed by atoms with Crippen LogP contribution in [0.1, 0.15) is 89.9 Å². The fourth-order valence-electron chi connectivity index (χ4n) is 5.62. The normalized spacial score (nSPS) is 32.1. The molecular formula is C18H32O2. The Hall–Kier alpha value is -0.0800. The maximum atomic E-state index is 9.96. The van der Waals surface area contributed by atoms with Gasteiger partial charge in [0, 0.05) is 12.8 Å². The predicted molar refractivity (Wildman–Crippen MR) is 81.2 cm³/mol. The molecule has 0 aliphatic heterocycles. The van der Waals surface area contributed by atoms with Gasteiger partial charge < -0.3 is 10.2 Å². The predicted octanol–water partition coefficient (Wildman–Crippen LogP) is 4.39. The zero-order valence-electron chi connectivity index (χ0n) is 12.9. The minimum atomic E-state index is -1.37. The van der Waals surface area contributed by atoms with E-state index in [1.807, 2.05) is 0 Å². The Morgan fingerprint density at radius 3 is 1.35 bits per heavy atom. The maximum Gasteiger partial charge on any atom is 0.162 e. The molecule has 3 rings (SSSR count). The van der Waals surface area contributed by atoms with E-state index in [1.54, 1.807) is 0 Å². The van der Waals surface area contributed by atoms with E-state index in [1.165, 1.54) is 64.2 Å². The molecule has 3 aliphatic carbocycles. The Balaban J connectivity index is 1.78. The molecular weight excluding hydrogens is 248 g/mol. The summed E-state index contributed by atoms with van der Waals surface area (Å²) >= 11 is 0. The molecule has 0 heterocycles. The highest BCUT2D eigenvalue weighted by Crippen LogP contribution is 2.57. The van der Waals surface area contributed by atoms with Gasteiger partial charge in [-0.1, -0.05) is 38.5 Å². The van der Waals surface area contributed by atoms with E-state index in [2.05, 4.69) is 0 Å². The van der Waals surface area contributed by atoms with Crippen molar-refractivity contribution in [2.45, 2.75) is 95.7 Å². The van der Waals surface area contributed by atoms with Gasteiger partial charge in [0.25, 0.3) is 0 Å². The van der Waals surface area contributed by atoms with Gasteiger partial charge in [-0.3, -0.25) is 0 Å². The van der Waals surface area contributed by atoms with E-state index in [4.69, 9.17) is 0 Å². The summed E-state index contributed by atoms with van der Waals surface area (Å²) in [6, 6.07) is 0. The van der Waals surface area contributed by atoms with E-state index in [-0.39, 0.29) is 0 Å². The third kappa shape index (κ3) is 2.92. The smallest absolute Gasteiger partial charge is 0.162 e. The van der Waals surface area contributed by atoms with Crippen LogP contribution in [-0.4, -0.2) is 16.0 Å². The minimum Gasteiger partial charge on any atom is -0.366 e. The number of hydrogen-bond acceptors (Lipinski definition) is 2. The Bertz CT molecular complexity index is 281. The minimum absolute atomic E-state index is 0.454. The summed E-state index contributed by atoms with van der Waals surface area (Å²) in [6.07, 6.45) is 17.4. The second kappa shape index (κ2) is 5.96. The van der Waals surface area contributed by atoms with Crippen LogP contribution in [0.2, 0.25) is 0 Å². The van der Waals surface area contributed by atoms with Gasteiger partial charge in [-0.2, -0.15) is 0 Å². The van der Waals surface area contributed by atoms with Crippen molar-refractivity contribution in [3.05, 3.63) is 0 Å². The molecule has 3 aliphatic rings. The van der Waals surface area contributed by atoms with Crippen LogP contribution in [0.3, 0.4) is 0 Å². The number of rotatable bonds is 2. The Labute approximate surface area is 124 Å². The fraction of sp³-hybridized carbons (Fsp3) is 1.00. The average Bonchev–Trinajstić information content (AvgIpc) is 2.50. The summed E-state index contributed by atoms with van der Waals surface area (Å²) in [5.74, 6) is 0.373. The van der Waals surface area contributed by atoms with Gasteiger partial charge in [0.2, 0.25) is 0 Å². The topological polar surface area (TPSA) is 40.5 Å². The van der Waals surface area contributed by atoms with Crippen molar-refractivity contribution in [3.8, 4) is 0 Å². The van der Waals surface area contributed by atoms with E-state index >= 15 is 0 Å². The van der Waals surface area contributed by atoms with Crippen LogP contribution in [0.4, 0.5) is 0 Å². The third-order valence-electron chi connectivity index (χ3n) is 6.82. The molecule has 0 saturated heterocycles. The van der Waals surface area contributed by atoms with Crippen molar-refractivity contribution in [1.29, 1.82) is 0 Å². The Morgan fingerprint density at radius 1 is 0.550 bits per heavy atom. The van der Waals surface area contributed by atoms with Gasteiger partial charge in [-0.15, -0.1) is 0 Å². The van der Waals surface area contributed by atoms with Gasteiger partial charge in [0.15, 0.2) is 5.79 Å². The third-order valence-corrected chi connectivity index (χ3v) is 6.82. The van der Waals surface area contributed by atoms with E-state index in [0.29, 0.717) is 18.3 Å². The molecule has 0 atom stereocenters. The molecule has 2 nitrogen and oxygen atoms in total. The molecule has 116 valence electrons. The van der Waals surface area contributed by atoms with Gasteiger partial charge in [0.1, 0.15) is 0 Å². The van der Waals surface area contributed by atoms with E-state index in [0.717, 1.165) is 24.7 Å². The lowest BCUT2D eigenvalue weighted by atomic mass is 9.53. The summed E-state index contributed by atoms with van der Waals surface area (Å²) in [5, 5.41) is 19.9. The highest BCUT2D eigenvalue weighted by atomic mass is 16.5. The van der Waals surface area contributed by atoms with Crippen LogP contribution < -0.4 is 0 Å². The first-order valence-corrected chi connectivity index (χ1v) is 9.07. The first-order chi connectivity index (χ1) is 9.62. The van der Waals surface area contributed by atoms with E-state index < -0.39 is 5.79 Å². The van der Waals surface area contributed by atoms with Crippen LogP contribution in [0.25, 0.3) is 0 Å². The molecule has 0 aromatic heterocycles. The lowest BCUT2D eigenvalue weighted by Crippen LogP contribution is -2.47. The summed E-state index contributed by atoms with van der Waals surface area (Å²) in [4.78, 5) is 0. The van der Waals surface area contributed by atoms with Crippen molar-refractivity contribution in [2.24, 2.45) is 17.3 Å². The van der Waals surface area contributed by atoms with Crippen molar-refractivity contribution >= 4 is 0 Å². The standard InChI is InChI=1S/C18H32O2/c19-18(20)13-11-17(12-14-18,15-7-3-1-4-8-15)16-9-5-2-6-10-16/h15-16,19-20H,1-14H2. The van der Waals surface area contributed by atoms with Gasteiger partial charge in [0.05, 0.1) is 0 Å². The van der Waals surface area contributed by atoms with Crippen LogP contribution in [-0.2, 0) is 0 Å². The van der Waals surface area contributed by atoms with Crippen molar-refractivity contribution < 1.29 is 10.2 Å². The second-order valence-electron chi connectivity index (χ2n) is 7.89. The molecule has 0 unspecified atom stereocenters. The molecule has 3 fully saturated rings. The molecule has 2 N–H and O–H groups in total. The number of aliphatic hydroxyl groups is 2. The van der Waals surface area contributed by atoms with Crippen LogP contribution in [0.15, 0.2) is 0 Å². The Morgan fingerprint density at radius 2 is 0.950 bits per heavy atom. The van der Waals surface area contributed by atoms with Gasteiger partial charge in [-0.05, 0) is 55.8 Å². The van der Waals surface area contributed by atoms with Crippen molar-refractivity contribution in [1.82, 2.24) is 0 Å². The SMILES string of the molecule is OC1(O)CCC(C2CCCCC2)(C2CCCCC2)CC1. The lowest BCUT2D eigenvalue weighted by molar-refractivity contribution is -0.209. The molecule has 0 aromatic rings.